The van der Waals surface area contributed by atoms with E-state index in [1.165, 1.54) is 44.6 Å². The van der Waals surface area contributed by atoms with Crippen molar-refractivity contribution >= 4 is 17.5 Å². The standard InChI is InChI=1S/C22H30N2O3/c1-2-20(25)24-18-9-7-17(8-10-18)15-21(26)23-16-19-11-14-22(27-19)12-5-3-4-6-13-22/h2,7-10,19H,1,3-6,11-16H2,(H,23,26)(H,24,25). The van der Waals surface area contributed by atoms with Gasteiger partial charge in [0.05, 0.1) is 18.1 Å². The summed E-state index contributed by atoms with van der Waals surface area (Å²) in [7, 11) is 0. The molecule has 146 valence electrons. The molecule has 5 heteroatoms. The SMILES string of the molecule is C=CC(=O)Nc1ccc(CC(=O)NCC2CCC3(CCCCCC3)O2)cc1. The van der Waals surface area contributed by atoms with Crippen molar-refractivity contribution in [1.29, 1.82) is 0 Å². The van der Waals surface area contributed by atoms with Crippen LogP contribution in [0, 0.1) is 0 Å². The largest absolute Gasteiger partial charge is 0.370 e. The number of benzene rings is 1. The summed E-state index contributed by atoms with van der Waals surface area (Å²) in [4.78, 5) is 23.5. The Morgan fingerprint density at radius 1 is 1.11 bits per heavy atom. The predicted octanol–water partition coefficient (Wildman–Crippen LogP) is 3.74. The molecule has 1 aliphatic carbocycles. The van der Waals surface area contributed by atoms with Crippen molar-refractivity contribution in [2.75, 3.05) is 11.9 Å². The van der Waals surface area contributed by atoms with Gasteiger partial charge in [-0.05, 0) is 49.5 Å². The Kier molecular flexibility index (Phi) is 6.67. The van der Waals surface area contributed by atoms with Gasteiger partial charge >= 0.3 is 0 Å². The molecular formula is C22H30N2O3. The normalized spacial score (nSPS) is 21.4. The zero-order valence-electron chi connectivity index (χ0n) is 16.0. The molecule has 0 bridgehead atoms. The molecule has 3 rings (SSSR count). The molecule has 1 aromatic carbocycles. The van der Waals surface area contributed by atoms with Crippen molar-refractivity contribution in [3.63, 3.8) is 0 Å². The van der Waals surface area contributed by atoms with Gasteiger partial charge in [0.2, 0.25) is 11.8 Å². The summed E-state index contributed by atoms with van der Waals surface area (Å²) in [6, 6.07) is 7.29. The van der Waals surface area contributed by atoms with E-state index in [2.05, 4.69) is 17.2 Å². The van der Waals surface area contributed by atoms with Gasteiger partial charge in [0, 0.05) is 12.2 Å². The molecule has 5 nitrogen and oxygen atoms in total. The fourth-order valence-corrected chi connectivity index (χ4v) is 4.15. The molecule has 1 saturated carbocycles. The second kappa shape index (κ2) is 9.18. The monoisotopic (exact) mass is 370 g/mol. The first-order valence-electron chi connectivity index (χ1n) is 10.1. The second-order valence-corrected chi connectivity index (χ2v) is 7.75. The highest BCUT2D eigenvalue weighted by Crippen LogP contribution is 2.40. The lowest BCUT2D eigenvalue weighted by Crippen LogP contribution is -2.35. The first-order chi connectivity index (χ1) is 13.1. The average molecular weight is 370 g/mol. The maximum Gasteiger partial charge on any atom is 0.247 e. The molecule has 2 fully saturated rings. The maximum atomic E-state index is 12.3. The molecule has 1 aromatic rings. The van der Waals surface area contributed by atoms with Crippen LogP contribution in [0.2, 0.25) is 0 Å². The number of carbonyl (C=O) groups is 2. The van der Waals surface area contributed by atoms with E-state index in [1.54, 1.807) is 12.1 Å². The van der Waals surface area contributed by atoms with Gasteiger partial charge in [0.1, 0.15) is 0 Å². The van der Waals surface area contributed by atoms with Gasteiger partial charge in [-0.25, -0.2) is 0 Å². The Morgan fingerprint density at radius 3 is 2.48 bits per heavy atom. The number of hydrogen-bond donors (Lipinski definition) is 2. The van der Waals surface area contributed by atoms with E-state index in [0.29, 0.717) is 18.7 Å². The maximum absolute atomic E-state index is 12.3. The molecule has 0 aromatic heterocycles. The molecule has 27 heavy (non-hydrogen) atoms. The van der Waals surface area contributed by atoms with Crippen molar-refractivity contribution in [3.05, 3.63) is 42.5 Å². The minimum Gasteiger partial charge on any atom is -0.370 e. The Labute approximate surface area is 161 Å². The number of carbonyl (C=O) groups excluding carboxylic acids is 2. The van der Waals surface area contributed by atoms with Crippen molar-refractivity contribution < 1.29 is 14.3 Å². The minimum absolute atomic E-state index is 0.00305. The van der Waals surface area contributed by atoms with Crippen molar-refractivity contribution in [1.82, 2.24) is 5.32 Å². The summed E-state index contributed by atoms with van der Waals surface area (Å²) in [6.45, 7) is 4.02. The Bertz CT molecular complexity index is 661. The zero-order chi connectivity index (χ0) is 19.1. The van der Waals surface area contributed by atoms with Crippen LogP contribution in [0.25, 0.3) is 0 Å². The number of amides is 2. The van der Waals surface area contributed by atoms with Gasteiger partial charge in [-0.15, -0.1) is 0 Å². The highest BCUT2D eigenvalue weighted by atomic mass is 16.5. The van der Waals surface area contributed by atoms with E-state index in [4.69, 9.17) is 4.74 Å². The summed E-state index contributed by atoms with van der Waals surface area (Å²) in [5.41, 5.74) is 1.69. The summed E-state index contributed by atoms with van der Waals surface area (Å²) in [5, 5.41) is 5.71. The lowest BCUT2D eigenvalue weighted by molar-refractivity contribution is -0.121. The molecular weight excluding hydrogens is 340 g/mol. The van der Waals surface area contributed by atoms with E-state index >= 15 is 0 Å². The van der Waals surface area contributed by atoms with Crippen LogP contribution in [-0.4, -0.2) is 30.1 Å². The van der Waals surface area contributed by atoms with Gasteiger partial charge in [0.15, 0.2) is 0 Å². The minimum atomic E-state index is -0.247. The molecule has 2 aliphatic rings. The van der Waals surface area contributed by atoms with E-state index < -0.39 is 0 Å². The summed E-state index contributed by atoms with van der Waals surface area (Å²) < 4.78 is 6.37. The third kappa shape index (κ3) is 5.67. The Morgan fingerprint density at radius 2 is 1.81 bits per heavy atom. The van der Waals surface area contributed by atoms with Crippen LogP contribution in [0.5, 0.6) is 0 Å². The number of rotatable bonds is 6. The molecule has 1 unspecified atom stereocenters. The number of hydrogen-bond acceptors (Lipinski definition) is 3. The summed E-state index contributed by atoms with van der Waals surface area (Å²) in [6.07, 6.45) is 11.4. The van der Waals surface area contributed by atoms with Gasteiger partial charge in [-0.3, -0.25) is 9.59 Å². The molecule has 1 heterocycles. The fourth-order valence-electron chi connectivity index (χ4n) is 4.15. The topological polar surface area (TPSA) is 67.4 Å². The van der Waals surface area contributed by atoms with Gasteiger partial charge in [-0.1, -0.05) is 44.4 Å². The van der Waals surface area contributed by atoms with Gasteiger partial charge < -0.3 is 15.4 Å². The molecule has 2 amide bonds. The summed E-state index contributed by atoms with van der Waals surface area (Å²) >= 11 is 0. The van der Waals surface area contributed by atoms with Crippen LogP contribution in [0.1, 0.15) is 56.9 Å². The molecule has 2 N–H and O–H groups in total. The van der Waals surface area contributed by atoms with Gasteiger partial charge in [0.25, 0.3) is 0 Å². The third-order valence-electron chi connectivity index (χ3n) is 5.65. The van der Waals surface area contributed by atoms with E-state index in [-0.39, 0.29) is 23.5 Å². The van der Waals surface area contributed by atoms with Crippen LogP contribution in [0.15, 0.2) is 36.9 Å². The van der Waals surface area contributed by atoms with Crippen molar-refractivity contribution in [2.24, 2.45) is 0 Å². The lowest BCUT2D eigenvalue weighted by Gasteiger charge is -2.28. The van der Waals surface area contributed by atoms with Crippen molar-refractivity contribution in [2.45, 2.75) is 69.5 Å². The average Bonchev–Trinajstić information content (AvgIpc) is 2.92. The number of nitrogens with one attached hydrogen (secondary N) is 2. The fraction of sp³-hybridized carbons (Fsp3) is 0.545. The zero-order valence-corrected chi connectivity index (χ0v) is 16.0. The van der Waals surface area contributed by atoms with E-state index in [1.807, 2.05) is 12.1 Å². The molecule has 1 spiro atoms. The first-order valence-corrected chi connectivity index (χ1v) is 10.1. The lowest BCUT2D eigenvalue weighted by atomic mass is 9.91. The van der Waals surface area contributed by atoms with E-state index in [9.17, 15) is 9.59 Å². The van der Waals surface area contributed by atoms with Crippen LogP contribution in [0.3, 0.4) is 0 Å². The smallest absolute Gasteiger partial charge is 0.247 e. The highest BCUT2D eigenvalue weighted by Gasteiger charge is 2.39. The van der Waals surface area contributed by atoms with Crippen LogP contribution in [-0.2, 0) is 20.7 Å². The highest BCUT2D eigenvalue weighted by molar-refractivity contribution is 5.98. The van der Waals surface area contributed by atoms with Crippen LogP contribution < -0.4 is 10.6 Å². The molecule has 1 saturated heterocycles. The molecule has 1 aliphatic heterocycles. The number of anilines is 1. The van der Waals surface area contributed by atoms with Crippen LogP contribution in [0.4, 0.5) is 5.69 Å². The summed E-state index contributed by atoms with van der Waals surface area (Å²) in [5.74, 6) is -0.244. The Hall–Kier alpha value is -2.14. The predicted molar refractivity (Wildman–Crippen MR) is 107 cm³/mol. The van der Waals surface area contributed by atoms with Crippen LogP contribution >= 0.6 is 0 Å². The first kappa shape index (κ1) is 19.6. The quantitative estimate of drug-likeness (QED) is 0.750. The Balaban J connectivity index is 1.42. The second-order valence-electron chi connectivity index (χ2n) is 7.75. The van der Waals surface area contributed by atoms with E-state index in [0.717, 1.165) is 18.4 Å². The molecule has 0 radical (unpaired) electrons. The number of ether oxygens (including phenoxy) is 1. The van der Waals surface area contributed by atoms with Crippen molar-refractivity contribution in [3.8, 4) is 0 Å². The molecule has 1 atom stereocenters. The van der Waals surface area contributed by atoms with Gasteiger partial charge in [-0.2, -0.15) is 0 Å². The third-order valence-corrected chi connectivity index (χ3v) is 5.65.